The van der Waals surface area contributed by atoms with Crippen LogP contribution in [0, 0.1) is 11.8 Å². The predicted octanol–water partition coefficient (Wildman–Crippen LogP) is 14.5. The minimum absolute atomic E-state index is 0.120. The molecule has 0 amide bonds. The Kier molecular flexibility index (Phi) is 15.5. The van der Waals surface area contributed by atoms with E-state index in [9.17, 15) is 19.2 Å². The number of nitrogens with zero attached hydrogens (tertiary/aromatic N) is 2. The smallest absolute Gasteiger partial charge is 0.331 e. The Bertz CT molecular complexity index is 3200. The maximum absolute atomic E-state index is 13.1. The minimum Gasteiger partial charge on any atom is -0.453 e. The summed E-state index contributed by atoms with van der Waals surface area (Å²) in [6, 6.07) is 46.4. The lowest BCUT2D eigenvalue weighted by Gasteiger charge is -2.10. The van der Waals surface area contributed by atoms with E-state index in [1.807, 2.05) is 121 Å². The molecule has 354 valence electrons. The average Bonchev–Trinajstić information content (AvgIpc) is 4.09. The van der Waals surface area contributed by atoms with Gasteiger partial charge in [0, 0.05) is 45.5 Å². The molecule has 0 N–H and O–H groups in total. The Morgan fingerprint density at radius 3 is 1.40 bits per heavy atom. The first-order valence-electron chi connectivity index (χ1n) is 23.5. The fourth-order valence-corrected chi connectivity index (χ4v) is 8.92. The second-order valence-corrected chi connectivity index (χ2v) is 19.3. The van der Waals surface area contributed by atoms with E-state index >= 15 is 0 Å². The molecule has 0 spiro atoms. The van der Waals surface area contributed by atoms with Gasteiger partial charge in [-0.2, -0.15) is 0 Å². The molecule has 6 aromatic carbocycles. The highest BCUT2D eigenvalue weighted by atomic mass is 32.2. The van der Waals surface area contributed by atoms with Crippen LogP contribution in [0.3, 0.4) is 0 Å². The molecule has 1 aliphatic rings. The fourth-order valence-electron chi connectivity index (χ4n) is 8.10. The van der Waals surface area contributed by atoms with Crippen LogP contribution in [-0.4, -0.2) is 34.9 Å². The van der Waals surface area contributed by atoms with Gasteiger partial charge in [-0.25, -0.2) is 9.59 Å². The van der Waals surface area contributed by atoms with Gasteiger partial charge >= 0.3 is 11.9 Å². The quantitative estimate of drug-likeness (QED) is 0.0401. The lowest BCUT2D eigenvalue weighted by molar-refractivity contribution is -0.141. The second-order valence-electron chi connectivity index (χ2n) is 18.1. The molecule has 0 saturated heterocycles. The van der Waals surface area contributed by atoms with Crippen molar-refractivity contribution in [3.63, 3.8) is 0 Å². The van der Waals surface area contributed by atoms with Crippen molar-refractivity contribution in [3.05, 3.63) is 190 Å². The molecule has 0 fully saturated rings. The zero-order valence-corrected chi connectivity index (χ0v) is 40.9. The highest BCUT2D eigenvalue weighted by Crippen LogP contribution is 2.38. The maximum atomic E-state index is 13.1. The molecule has 9 rings (SSSR count). The van der Waals surface area contributed by atoms with Crippen LogP contribution < -0.4 is 0 Å². The summed E-state index contributed by atoms with van der Waals surface area (Å²) >= 11 is 1.60. The molecule has 11 heteroatoms. The summed E-state index contributed by atoms with van der Waals surface area (Å²) in [5.41, 5.74) is 10.6. The number of hydrogen-bond donors (Lipinski definition) is 0. The van der Waals surface area contributed by atoms with Gasteiger partial charge in [0.15, 0.2) is 11.5 Å². The van der Waals surface area contributed by atoms with Gasteiger partial charge in [0.25, 0.3) is 0 Å². The molecule has 0 bridgehead atoms. The van der Waals surface area contributed by atoms with Gasteiger partial charge in [-0.3, -0.25) is 9.59 Å². The van der Waals surface area contributed by atoms with Gasteiger partial charge in [-0.1, -0.05) is 123 Å². The topological polar surface area (TPSA) is 138 Å². The van der Waals surface area contributed by atoms with E-state index in [1.54, 1.807) is 23.9 Å². The van der Waals surface area contributed by atoms with Crippen molar-refractivity contribution in [1.82, 2.24) is 0 Å². The molecule has 70 heavy (non-hydrogen) atoms. The highest BCUT2D eigenvalue weighted by molar-refractivity contribution is 7.99. The van der Waals surface area contributed by atoms with E-state index in [4.69, 9.17) is 18.5 Å². The Hall–Kier alpha value is -7.63. The van der Waals surface area contributed by atoms with Crippen molar-refractivity contribution < 1.29 is 37.7 Å². The normalized spacial score (nSPS) is 12.2. The molecular formula is C59H54N2O8S. The monoisotopic (exact) mass is 950 g/mol. The van der Waals surface area contributed by atoms with Crippen LogP contribution in [-0.2, 0) is 25.7 Å². The minimum atomic E-state index is -0.429. The number of rotatable bonds is 16. The molecule has 2 aromatic heterocycles. The molecule has 10 nitrogen and oxygen atoms in total. The summed E-state index contributed by atoms with van der Waals surface area (Å²) in [7, 11) is 0. The SMILES string of the molecule is CC(=O)O/N=C(\CCC(C)C)c1ccc(Sc2ccc(C(=O)c3cc4ccccc4o3)cc2)cc1.CC(=O)O/N=C(\CCC(C)C)c1ccc2c(c1)Cc1cc(C(=O)c3cc4ccccc4o3)ccc1-2. The third kappa shape index (κ3) is 12.1. The Balaban J connectivity index is 0.000000188. The summed E-state index contributed by atoms with van der Waals surface area (Å²) in [5.74, 6) is 0.608. The molecule has 0 radical (unpaired) electrons. The van der Waals surface area contributed by atoms with Crippen LogP contribution in [0.4, 0.5) is 0 Å². The Morgan fingerprint density at radius 1 is 0.514 bits per heavy atom. The molecule has 0 saturated carbocycles. The summed E-state index contributed by atoms with van der Waals surface area (Å²) in [5, 5.41) is 10.0. The first-order valence-corrected chi connectivity index (χ1v) is 24.3. The van der Waals surface area contributed by atoms with Gasteiger partial charge in [0.1, 0.15) is 11.2 Å². The van der Waals surface area contributed by atoms with E-state index in [0.717, 1.165) is 91.9 Å². The van der Waals surface area contributed by atoms with Crippen molar-refractivity contribution in [1.29, 1.82) is 0 Å². The zero-order chi connectivity index (χ0) is 49.3. The van der Waals surface area contributed by atoms with Crippen molar-refractivity contribution in [2.24, 2.45) is 22.1 Å². The number of benzene rings is 6. The van der Waals surface area contributed by atoms with E-state index in [0.29, 0.717) is 45.6 Å². The number of oxime groups is 2. The van der Waals surface area contributed by atoms with Crippen molar-refractivity contribution in [2.75, 3.05) is 0 Å². The van der Waals surface area contributed by atoms with Gasteiger partial charge in [-0.05, 0) is 150 Å². The van der Waals surface area contributed by atoms with Gasteiger partial charge in [0.05, 0.1) is 11.4 Å². The summed E-state index contributed by atoms with van der Waals surface area (Å²) in [6.45, 7) is 11.3. The first-order chi connectivity index (χ1) is 33.8. The van der Waals surface area contributed by atoms with E-state index in [-0.39, 0.29) is 11.6 Å². The molecular weight excluding hydrogens is 897 g/mol. The van der Waals surface area contributed by atoms with Crippen LogP contribution in [0.1, 0.15) is 122 Å². The zero-order valence-electron chi connectivity index (χ0n) is 40.1. The molecule has 8 aromatic rings. The Morgan fingerprint density at radius 2 is 0.929 bits per heavy atom. The maximum Gasteiger partial charge on any atom is 0.331 e. The fraction of sp³-hybridized carbons (Fsp3) is 0.220. The van der Waals surface area contributed by atoms with Crippen LogP contribution >= 0.6 is 11.8 Å². The van der Waals surface area contributed by atoms with Crippen LogP contribution in [0.15, 0.2) is 175 Å². The van der Waals surface area contributed by atoms with E-state index in [2.05, 4.69) is 50.1 Å². The lowest BCUT2D eigenvalue weighted by atomic mass is 9.97. The summed E-state index contributed by atoms with van der Waals surface area (Å²) in [6.07, 6.45) is 4.09. The standard InChI is InChI=1S/C30H27NO4.C29H27NO4S/c1-18(2)8-13-27(31-35-19(3)32)20-9-11-25-23(14-20)16-24-15-22(10-12-26(24)25)30(33)29-17-21-6-4-5-7-28(21)34-29;1-19(2)8-17-26(30-34-20(3)31)21-9-13-24(14-10-21)35-25-15-11-22(12-16-25)29(32)28-18-23-6-4-5-7-27(23)33-28/h4-7,9-12,14-15,17-18H,8,13,16H2,1-3H3;4-7,9-16,18-19H,8,17H2,1-3H3/b31-27+;30-26+. The molecule has 1 aliphatic carbocycles. The number of carbonyl (C=O) groups is 4. The van der Waals surface area contributed by atoms with E-state index in [1.165, 1.54) is 19.4 Å². The van der Waals surface area contributed by atoms with Crippen molar-refractivity contribution in [3.8, 4) is 11.1 Å². The predicted molar refractivity (Wildman–Crippen MR) is 276 cm³/mol. The third-order valence-electron chi connectivity index (χ3n) is 11.8. The molecule has 0 atom stereocenters. The van der Waals surface area contributed by atoms with Gasteiger partial charge in [-0.15, -0.1) is 0 Å². The third-order valence-corrected chi connectivity index (χ3v) is 12.8. The number of para-hydroxylation sites is 2. The number of fused-ring (bicyclic) bond motifs is 5. The average molecular weight is 951 g/mol. The molecule has 0 unspecified atom stereocenters. The molecule has 2 heterocycles. The highest BCUT2D eigenvalue weighted by Gasteiger charge is 2.23. The van der Waals surface area contributed by atoms with Crippen LogP contribution in [0.5, 0.6) is 0 Å². The lowest BCUT2D eigenvalue weighted by Crippen LogP contribution is -2.06. The first kappa shape index (κ1) is 48.8. The van der Waals surface area contributed by atoms with Crippen LogP contribution in [0.2, 0.25) is 0 Å². The Labute approximate surface area is 411 Å². The van der Waals surface area contributed by atoms with Gasteiger partial charge in [0.2, 0.25) is 11.6 Å². The van der Waals surface area contributed by atoms with E-state index < -0.39 is 11.9 Å². The molecule has 0 aliphatic heterocycles. The summed E-state index contributed by atoms with van der Waals surface area (Å²) in [4.78, 5) is 60.5. The number of carbonyl (C=O) groups excluding carboxylic acids is 4. The summed E-state index contributed by atoms with van der Waals surface area (Å²) < 4.78 is 11.5. The van der Waals surface area contributed by atoms with Gasteiger partial charge < -0.3 is 18.5 Å². The van der Waals surface area contributed by atoms with Crippen molar-refractivity contribution in [2.45, 2.75) is 83.4 Å². The largest absolute Gasteiger partial charge is 0.453 e. The number of furan rings is 2. The van der Waals surface area contributed by atoms with Crippen molar-refractivity contribution >= 4 is 68.6 Å². The number of ketones is 2. The number of hydrogen-bond acceptors (Lipinski definition) is 11. The second kappa shape index (κ2) is 22.2. The van der Waals surface area contributed by atoms with Crippen LogP contribution in [0.25, 0.3) is 33.1 Å².